The Kier molecular flexibility index (Phi) is 5.27. The van der Waals surface area contributed by atoms with Crippen LogP contribution in [-0.4, -0.2) is 28.4 Å². The Labute approximate surface area is 136 Å². The van der Waals surface area contributed by atoms with E-state index in [0.29, 0.717) is 16.6 Å². The van der Waals surface area contributed by atoms with E-state index in [1.165, 1.54) is 31.0 Å². The molecule has 0 radical (unpaired) electrons. The van der Waals surface area contributed by atoms with Crippen molar-refractivity contribution in [2.24, 2.45) is 0 Å². The molecule has 1 aliphatic carbocycles. The largest absolute Gasteiger partial charge is 0.351 e. The molecule has 7 heteroatoms. The molecule has 0 spiro atoms. The number of benzene rings is 1. The summed E-state index contributed by atoms with van der Waals surface area (Å²) < 4.78 is 0.679. The van der Waals surface area contributed by atoms with Crippen LogP contribution in [0.4, 0.5) is 5.69 Å². The lowest BCUT2D eigenvalue weighted by Gasteiger charge is -2.27. The van der Waals surface area contributed by atoms with Gasteiger partial charge in [0, 0.05) is 27.9 Å². The minimum Gasteiger partial charge on any atom is -0.351 e. The number of non-ortho nitro benzene ring substituents is 1. The van der Waals surface area contributed by atoms with Crippen LogP contribution in [0, 0.1) is 10.1 Å². The van der Waals surface area contributed by atoms with Gasteiger partial charge in [0.2, 0.25) is 0 Å². The molecule has 1 saturated carbocycles. The highest BCUT2D eigenvalue weighted by Gasteiger charge is 2.33. The Bertz CT molecular complexity index is 559. The maximum atomic E-state index is 12.3. The minimum absolute atomic E-state index is 0.0798. The van der Waals surface area contributed by atoms with Gasteiger partial charge in [0.1, 0.15) is 0 Å². The van der Waals surface area contributed by atoms with Gasteiger partial charge in [-0.3, -0.25) is 14.9 Å². The molecule has 1 amide bonds. The number of thioether (sulfide) groups is 1. The molecule has 0 saturated heterocycles. The van der Waals surface area contributed by atoms with Crippen molar-refractivity contribution >= 4 is 39.3 Å². The van der Waals surface area contributed by atoms with E-state index in [0.717, 1.165) is 12.8 Å². The molecule has 0 atom stereocenters. The molecule has 1 N–H and O–H groups in total. The van der Waals surface area contributed by atoms with Gasteiger partial charge < -0.3 is 5.32 Å². The van der Waals surface area contributed by atoms with Gasteiger partial charge in [0.25, 0.3) is 11.6 Å². The highest BCUT2D eigenvalue weighted by atomic mass is 79.9. The molecular weight excluding hydrogens is 356 g/mol. The van der Waals surface area contributed by atoms with E-state index < -0.39 is 4.92 Å². The molecule has 2 rings (SSSR count). The van der Waals surface area contributed by atoms with Crippen LogP contribution in [0.2, 0.25) is 0 Å². The fourth-order valence-electron chi connectivity index (χ4n) is 2.61. The Morgan fingerprint density at radius 2 is 2.14 bits per heavy atom. The number of nitrogens with zero attached hydrogens (tertiary/aromatic N) is 1. The minimum atomic E-state index is -0.496. The zero-order valence-electron chi connectivity index (χ0n) is 11.7. The SMILES string of the molecule is CSC1(CNC(=O)c2cc([N+](=O)[O-])ccc2Br)CCCC1. The van der Waals surface area contributed by atoms with Crippen molar-refractivity contribution in [3.05, 3.63) is 38.3 Å². The van der Waals surface area contributed by atoms with Crippen LogP contribution in [0.3, 0.4) is 0 Å². The van der Waals surface area contributed by atoms with Crippen LogP contribution in [0.1, 0.15) is 36.0 Å². The average Bonchev–Trinajstić information content (AvgIpc) is 2.94. The number of rotatable bonds is 5. The molecular formula is C14H17BrN2O3S. The monoisotopic (exact) mass is 372 g/mol. The number of carbonyl (C=O) groups is 1. The van der Waals surface area contributed by atoms with Gasteiger partial charge in [0.15, 0.2) is 0 Å². The van der Waals surface area contributed by atoms with Gasteiger partial charge in [0.05, 0.1) is 10.5 Å². The summed E-state index contributed by atoms with van der Waals surface area (Å²) in [6, 6.07) is 4.22. The molecule has 114 valence electrons. The van der Waals surface area contributed by atoms with Crippen molar-refractivity contribution in [1.29, 1.82) is 0 Å². The van der Waals surface area contributed by atoms with Crippen LogP contribution in [0.5, 0.6) is 0 Å². The lowest BCUT2D eigenvalue weighted by Crippen LogP contribution is -2.38. The molecule has 1 fully saturated rings. The fourth-order valence-corrected chi connectivity index (χ4v) is 3.95. The van der Waals surface area contributed by atoms with Gasteiger partial charge in [-0.1, -0.05) is 12.8 Å². The lowest BCUT2D eigenvalue weighted by molar-refractivity contribution is -0.384. The van der Waals surface area contributed by atoms with E-state index >= 15 is 0 Å². The third-order valence-electron chi connectivity index (χ3n) is 3.92. The first-order valence-corrected chi connectivity index (χ1v) is 8.76. The first-order chi connectivity index (χ1) is 9.97. The highest BCUT2D eigenvalue weighted by Crippen LogP contribution is 2.39. The predicted octanol–water partition coefficient (Wildman–Crippen LogP) is 3.76. The van der Waals surface area contributed by atoms with Gasteiger partial charge in [-0.2, -0.15) is 11.8 Å². The molecule has 0 bridgehead atoms. The summed E-state index contributed by atoms with van der Waals surface area (Å²) in [5.74, 6) is -0.272. The number of halogens is 1. The number of hydrogen-bond acceptors (Lipinski definition) is 4. The third kappa shape index (κ3) is 3.77. The van der Waals surface area contributed by atoms with Crippen molar-refractivity contribution < 1.29 is 9.72 Å². The average molecular weight is 373 g/mol. The Morgan fingerprint density at radius 3 is 2.71 bits per heavy atom. The summed E-state index contributed by atoms with van der Waals surface area (Å²) in [5, 5.41) is 13.7. The molecule has 0 aliphatic heterocycles. The van der Waals surface area contributed by atoms with Crippen LogP contribution < -0.4 is 5.32 Å². The second-order valence-corrected chi connectivity index (χ2v) is 7.33. The Balaban J connectivity index is 2.09. The maximum Gasteiger partial charge on any atom is 0.270 e. The van der Waals surface area contributed by atoms with Gasteiger partial charge in [-0.15, -0.1) is 0 Å². The predicted molar refractivity (Wildman–Crippen MR) is 87.8 cm³/mol. The summed E-state index contributed by atoms with van der Waals surface area (Å²) in [5.41, 5.74) is 0.224. The van der Waals surface area contributed by atoms with Crippen molar-refractivity contribution in [2.75, 3.05) is 12.8 Å². The molecule has 0 aromatic heterocycles. The quantitative estimate of drug-likeness (QED) is 0.630. The second-order valence-electron chi connectivity index (χ2n) is 5.20. The van der Waals surface area contributed by atoms with Crippen LogP contribution in [0.15, 0.2) is 22.7 Å². The summed E-state index contributed by atoms with van der Waals surface area (Å²) in [6.07, 6.45) is 6.66. The Morgan fingerprint density at radius 1 is 1.48 bits per heavy atom. The van der Waals surface area contributed by atoms with E-state index in [2.05, 4.69) is 27.5 Å². The van der Waals surface area contributed by atoms with E-state index in [-0.39, 0.29) is 16.3 Å². The van der Waals surface area contributed by atoms with Crippen molar-refractivity contribution in [3.8, 4) is 0 Å². The van der Waals surface area contributed by atoms with E-state index in [9.17, 15) is 14.9 Å². The van der Waals surface area contributed by atoms with Crippen molar-refractivity contribution in [2.45, 2.75) is 30.4 Å². The van der Waals surface area contributed by atoms with Crippen LogP contribution in [0.25, 0.3) is 0 Å². The smallest absolute Gasteiger partial charge is 0.270 e. The molecule has 1 aromatic rings. The summed E-state index contributed by atoms with van der Waals surface area (Å²) in [7, 11) is 0. The summed E-state index contributed by atoms with van der Waals surface area (Å²) in [6.45, 7) is 0.599. The number of nitrogens with one attached hydrogen (secondary N) is 1. The number of nitro groups is 1. The van der Waals surface area contributed by atoms with Gasteiger partial charge >= 0.3 is 0 Å². The van der Waals surface area contributed by atoms with Gasteiger partial charge in [-0.05, 0) is 41.1 Å². The first-order valence-electron chi connectivity index (χ1n) is 6.75. The number of carbonyl (C=O) groups excluding carboxylic acids is 1. The molecule has 1 aromatic carbocycles. The summed E-state index contributed by atoms with van der Waals surface area (Å²) >= 11 is 5.07. The molecule has 0 heterocycles. The molecule has 0 unspecified atom stereocenters. The zero-order valence-corrected chi connectivity index (χ0v) is 14.1. The first kappa shape index (κ1) is 16.3. The van der Waals surface area contributed by atoms with Crippen molar-refractivity contribution in [1.82, 2.24) is 5.32 Å². The molecule has 1 aliphatic rings. The normalized spacial score (nSPS) is 16.7. The number of nitro benzene ring substituents is 1. The van der Waals surface area contributed by atoms with E-state index in [1.807, 2.05) is 0 Å². The van der Waals surface area contributed by atoms with Crippen LogP contribution >= 0.6 is 27.7 Å². The fraction of sp³-hybridized carbons (Fsp3) is 0.500. The number of amides is 1. The standard InChI is InChI=1S/C14H17BrN2O3S/c1-21-14(6-2-3-7-14)9-16-13(18)11-8-10(17(19)20)4-5-12(11)15/h4-5,8H,2-3,6-7,9H2,1H3,(H,16,18). The van der Waals surface area contributed by atoms with E-state index in [4.69, 9.17) is 0 Å². The molecule has 21 heavy (non-hydrogen) atoms. The third-order valence-corrected chi connectivity index (χ3v) is 6.03. The zero-order chi connectivity index (χ0) is 15.5. The summed E-state index contributed by atoms with van der Waals surface area (Å²) in [4.78, 5) is 22.6. The molecule has 5 nitrogen and oxygen atoms in total. The van der Waals surface area contributed by atoms with E-state index in [1.54, 1.807) is 11.8 Å². The Hall–Kier alpha value is -1.08. The lowest BCUT2D eigenvalue weighted by atomic mass is 10.1. The van der Waals surface area contributed by atoms with Crippen LogP contribution in [-0.2, 0) is 0 Å². The highest BCUT2D eigenvalue weighted by molar-refractivity contribution is 9.10. The topological polar surface area (TPSA) is 72.2 Å². The van der Waals surface area contributed by atoms with Gasteiger partial charge in [-0.25, -0.2) is 0 Å². The van der Waals surface area contributed by atoms with Crippen molar-refractivity contribution in [3.63, 3.8) is 0 Å². The number of hydrogen-bond donors (Lipinski definition) is 1. The maximum absolute atomic E-state index is 12.3. The second kappa shape index (κ2) is 6.79.